The number of likely N-dealkylation sites (N-methyl/N-ethyl adjacent to an activating group) is 1. The van der Waals surface area contributed by atoms with Gasteiger partial charge in [0.1, 0.15) is 11.6 Å². The van der Waals surface area contributed by atoms with Gasteiger partial charge in [0.2, 0.25) is 0 Å². The molecule has 36 heavy (non-hydrogen) atoms. The maximum atomic E-state index is 13.3. The van der Waals surface area contributed by atoms with Crippen molar-refractivity contribution in [2.24, 2.45) is 0 Å². The van der Waals surface area contributed by atoms with Crippen LogP contribution in [0.1, 0.15) is 149 Å². The number of Topliss-reactive ketones (excluding diaryl/α,β-unsaturated/α-hetero) is 2. The van der Waals surface area contributed by atoms with Gasteiger partial charge in [-0.3, -0.25) is 0 Å². The maximum absolute atomic E-state index is 13.3. The summed E-state index contributed by atoms with van der Waals surface area (Å²) in [6.07, 6.45) is 23.1. The smallest absolute Gasteiger partial charge is 0.119 e. The monoisotopic (exact) mass is 527 g/mol. The second-order valence-electron chi connectivity index (χ2n) is 12.0. The molecule has 0 amide bonds. The van der Waals surface area contributed by atoms with Gasteiger partial charge in [0.15, 0.2) is 0 Å². The van der Waals surface area contributed by atoms with E-state index in [9.17, 15) is 9.59 Å². The topological polar surface area (TPSA) is 43.4 Å². The average molecular weight is 528 g/mol. The van der Waals surface area contributed by atoms with E-state index in [2.05, 4.69) is 35.0 Å². The fourth-order valence-electron chi connectivity index (χ4n) is 4.43. The van der Waals surface area contributed by atoms with Crippen molar-refractivity contribution in [2.45, 2.75) is 154 Å². The molecular weight excluding hydrogens is 465 g/mol. The maximum Gasteiger partial charge on any atom is 0.119 e. The van der Waals surface area contributed by atoms with E-state index in [0.717, 1.165) is 36.7 Å². The zero-order chi connectivity index (χ0) is 27.1. The van der Waals surface area contributed by atoms with E-state index in [0.29, 0.717) is 28.3 Å². The lowest BCUT2D eigenvalue weighted by molar-refractivity contribution is -0.870. The molecule has 0 radical (unpaired) electrons. The number of quaternary nitrogens is 1. The van der Waals surface area contributed by atoms with Gasteiger partial charge < -0.3 is 27.4 Å². The van der Waals surface area contributed by atoms with E-state index in [1.54, 1.807) is 0 Å². The molecule has 0 spiro atoms. The highest BCUT2D eigenvalue weighted by Gasteiger charge is 2.30. The molecule has 0 heterocycles. The van der Waals surface area contributed by atoms with Crippen molar-refractivity contribution in [1.29, 1.82) is 0 Å². The molecule has 0 aromatic carbocycles. The van der Waals surface area contributed by atoms with Crippen LogP contribution < -0.4 is 0 Å². The Labute approximate surface area is 227 Å². The van der Waals surface area contributed by atoms with E-state index in [-0.39, 0.29) is 11.6 Å². The van der Waals surface area contributed by atoms with Crippen LogP contribution in [0.4, 0.5) is 0 Å². The quantitative estimate of drug-likeness (QED) is 0.0462. The molecule has 0 rings (SSSR count). The summed E-state index contributed by atoms with van der Waals surface area (Å²) in [5.41, 5.74) is 0. The minimum absolute atomic E-state index is 0.0817. The largest absolute Gasteiger partial charge is 0.552 e. The third kappa shape index (κ3) is 19.8. The number of ketones is 2. The van der Waals surface area contributed by atoms with Crippen LogP contribution in [-0.2, 0) is 14.1 Å². The summed E-state index contributed by atoms with van der Waals surface area (Å²) in [5, 5.41) is -1.01. The first-order chi connectivity index (χ1) is 17.2. The summed E-state index contributed by atoms with van der Waals surface area (Å²) in [4.78, 5) is 26.5. The molecule has 0 aliphatic heterocycles. The van der Waals surface area contributed by atoms with Gasteiger partial charge in [-0.2, -0.15) is 0 Å². The van der Waals surface area contributed by atoms with Gasteiger partial charge in [-0.1, -0.05) is 124 Å². The molecule has 0 aromatic heterocycles. The molecule has 0 bridgehead atoms. The van der Waals surface area contributed by atoms with Crippen LogP contribution in [0.5, 0.6) is 0 Å². The second kappa shape index (κ2) is 22.7. The number of hydrogen-bond donors (Lipinski definition) is 0. The van der Waals surface area contributed by atoms with Crippen molar-refractivity contribution in [3.8, 4) is 0 Å². The summed E-state index contributed by atoms with van der Waals surface area (Å²) < 4.78 is 6.73. The highest BCUT2D eigenvalue weighted by atomic mass is 31.1. The van der Waals surface area contributed by atoms with E-state index in [1.165, 1.54) is 89.9 Å². The standard InChI is InChI=1S/C31H62NO3P/c1-7-9-11-13-15-17-19-21-23-25-29(33)31(3,36-35-28-27-32(4,5)6)30(34)26-24-22-20-18-16-14-12-10-8-2/h7-28H2,1-6H3. The van der Waals surface area contributed by atoms with Crippen LogP contribution >= 0.6 is 8.81 Å². The van der Waals surface area contributed by atoms with Crippen molar-refractivity contribution < 1.29 is 18.6 Å². The molecule has 0 aromatic rings. The van der Waals surface area contributed by atoms with Crippen molar-refractivity contribution in [3.05, 3.63) is 0 Å². The lowest BCUT2D eigenvalue weighted by atomic mass is 9.92. The van der Waals surface area contributed by atoms with Crippen LogP contribution in [0.25, 0.3) is 0 Å². The Balaban J connectivity index is 4.48. The van der Waals surface area contributed by atoms with E-state index in [4.69, 9.17) is 4.52 Å². The van der Waals surface area contributed by atoms with Gasteiger partial charge in [0.25, 0.3) is 0 Å². The van der Waals surface area contributed by atoms with Gasteiger partial charge in [-0.15, -0.1) is 0 Å². The minimum Gasteiger partial charge on any atom is -0.552 e. The van der Waals surface area contributed by atoms with Gasteiger partial charge in [0.05, 0.1) is 34.3 Å². The van der Waals surface area contributed by atoms with Gasteiger partial charge in [0, 0.05) is 12.8 Å². The van der Waals surface area contributed by atoms with Crippen molar-refractivity contribution in [3.63, 3.8) is 0 Å². The summed E-state index contributed by atoms with van der Waals surface area (Å²) >= 11 is 0. The predicted molar refractivity (Wildman–Crippen MR) is 158 cm³/mol. The summed E-state index contributed by atoms with van der Waals surface area (Å²) in [6.45, 7) is 7.77. The second-order valence-corrected chi connectivity index (χ2v) is 13.3. The average Bonchev–Trinajstić information content (AvgIpc) is 2.83. The van der Waals surface area contributed by atoms with E-state index in [1.807, 2.05) is 6.92 Å². The fraction of sp³-hybridized carbons (Fsp3) is 0.935. The molecule has 0 aliphatic rings. The number of rotatable bonds is 27. The van der Waals surface area contributed by atoms with Crippen LogP contribution in [0.15, 0.2) is 0 Å². The SMILES string of the molecule is CCCCCCCCCCCC(=O)C(C)([P-]OCC[N+](C)(C)C)C(=O)CCCCCCCCCCC. The predicted octanol–water partition coefficient (Wildman–Crippen LogP) is 9.31. The molecule has 4 nitrogen and oxygen atoms in total. The van der Waals surface area contributed by atoms with E-state index >= 15 is 0 Å². The summed E-state index contributed by atoms with van der Waals surface area (Å²) in [5.74, 6) is 0.163. The first kappa shape index (κ1) is 35.7. The van der Waals surface area contributed by atoms with Crippen molar-refractivity contribution >= 4 is 20.4 Å². The Kier molecular flexibility index (Phi) is 22.5. The molecule has 0 unspecified atom stereocenters. The molecule has 0 atom stereocenters. The highest BCUT2D eigenvalue weighted by molar-refractivity contribution is 7.37. The normalized spacial score (nSPS) is 12.6. The van der Waals surface area contributed by atoms with Gasteiger partial charge >= 0.3 is 0 Å². The van der Waals surface area contributed by atoms with Crippen LogP contribution in [-0.4, -0.2) is 55.5 Å². The number of carbonyl (C=O) groups is 2. The summed E-state index contributed by atoms with van der Waals surface area (Å²) in [6, 6.07) is 0. The lowest BCUT2D eigenvalue weighted by Crippen LogP contribution is -2.41. The molecule has 0 N–H and O–H groups in total. The van der Waals surface area contributed by atoms with Crippen molar-refractivity contribution in [1.82, 2.24) is 0 Å². The summed E-state index contributed by atoms with van der Waals surface area (Å²) in [7, 11) is 6.92. The molecule has 5 heteroatoms. The Morgan fingerprint density at radius 1 is 0.611 bits per heavy atom. The molecule has 0 saturated heterocycles. The zero-order valence-corrected chi connectivity index (χ0v) is 26.1. The number of nitrogens with zero attached hydrogens (tertiary/aromatic N) is 1. The Bertz CT molecular complexity index is 510. The number of hydrogen-bond acceptors (Lipinski definition) is 3. The Morgan fingerprint density at radius 3 is 1.28 bits per heavy atom. The molecule has 214 valence electrons. The third-order valence-corrected chi connectivity index (χ3v) is 8.38. The van der Waals surface area contributed by atoms with Crippen LogP contribution in [0.3, 0.4) is 0 Å². The highest BCUT2D eigenvalue weighted by Crippen LogP contribution is 2.37. The minimum atomic E-state index is -1.01. The fourth-order valence-corrected chi connectivity index (χ4v) is 5.28. The number of carbonyl (C=O) groups excluding carboxylic acids is 2. The molecular formula is C31H62NO3P. The molecule has 0 aliphatic carbocycles. The number of unbranched alkanes of at least 4 members (excludes halogenated alkanes) is 16. The first-order valence-electron chi connectivity index (χ1n) is 15.4. The van der Waals surface area contributed by atoms with Crippen LogP contribution in [0.2, 0.25) is 0 Å². The van der Waals surface area contributed by atoms with Crippen molar-refractivity contribution in [2.75, 3.05) is 34.3 Å². The zero-order valence-electron chi connectivity index (χ0n) is 25.2. The molecule has 0 fully saturated rings. The first-order valence-corrected chi connectivity index (χ1v) is 16.2. The van der Waals surface area contributed by atoms with Crippen LogP contribution in [0, 0.1) is 0 Å². The van der Waals surface area contributed by atoms with Gasteiger partial charge in [-0.05, 0) is 18.0 Å². The Hall–Kier alpha value is -0.310. The van der Waals surface area contributed by atoms with E-state index < -0.39 is 5.16 Å². The lowest BCUT2D eigenvalue weighted by Gasteiger charge is -2.40. The van der Waals surface area contributed by atoms with Gasteiger partial charge in [-0.25, -0.2) is 0 Å². The molecule has 0 saturated carbocycles. The third-order valence-electron chi connectivity index (χ3n) is 7.20. The Morgan fingerprint density at radius 2 is 0.944 bits per heavy atom.